The molecule has 1 aromatic rings. The molecule has 0 bridgehead atoms. The van der Waals surface area contributed by atoms with Crippen molar-refractivity contribution >= 4 is 51.1 Å². The lowest BCUT2D eigenvalue weighted by Crippen LogP contribution is -2.40. The van der Waals surface area contributed by atoms with Crippen LogP contribution in [0.3, 0.4) is 0 Å². The number of nitrogen functional groups attached to an aromatic ring is 1. The van der Waals surface area contributed by atoms with Crippen molar-refractivity contribution in [2.45, 2.75) is 210 Å². The second-order valence-electron chi connectivity index (χ2n) is 20.0. The number of nitrogens with zero attached hydrogens (tertiary/aromatic N) is 2. The van der Waals surface area contributed by atoms with Crippen molar-refractivity contribution in [3.63, 3.8) is 0 Å². The first kappa shape index (κ1) is 74.8. The van der Waals surface area contributed by atoms with E-state index in [-0.39, 0.29) is 37.3 Å². The predicted molar refractivity (Wildman–Crippen MR) is 322 cm³/mol. The Morgan fingerprint density at radius 1 is 0.747 bits per heavy atom. The number of phosphoric acid groups is 2. The van der Waals surface area contributed by atoms with Gasteiger partial charge in [-0.1, -0.05) is 157 Å². The van der Waals surface area contributed by atoms with Crippen LogP contribution in [0.2, 0.25) is 0 Å². The molecule has 0 spiro atoms. The minimum Gasteiger partial charge on any atom is -0.481 e. The highest BCUT2D eigenvalue weighted by atomic mass is 32.2. The average molecular weight is 1230 g/mol. The fraction of sp³-hybridized carbons (Fsp3) is 0.638. The maximum Gasteiger partial charge on any atom is 0.481 e. The fourth-order valence-electron chi connectivity index (χ4n) is 8.04. The fourth-order valence-corrected chi connectivity index (χ4v) is 11.3. The highest BCUT2D eigenvalue weighted by Crippen LogP contribution is 2.60. The quantitative estimate of drug-likeness (QED) is 0.00988. The van der Waals surface area contributed by atoms with E-state index in [9.17, 15) is 53.4 Å². The number of anilines is 1. The van der Waals surface area contributed by atoms with Crippen molar-refractivity contribution in [3.05, 3.63) is 108 Å². The van der Waals surface area contributed by atoms with Gasteiger partial charge in [-0.15, -0.1) is 11.8 Å². The zero-order valence-corrected chi connectivity index (χ0v) is 51.0. The molecule has 1 aliphatic heterocycles. The standard InChI is InChI=1S/C58H94N4O18P2S/c1-3-5-7-9-11-13-15-17-18-19-20-21-22-23-24-26-28-30-32-34-39-53(66)75-42-46(43-76-81(71,72)80-82(73,74)77-44-49-54(67)55(68)56(79-49)62-41-40-51(60)61-58(62)70)78-57(69)47(59)45-83-50(48(63)36-35-38-52(64)65)37-33-31-29-27-25-16-14-12-10-8-6-4-2/h12-15,18-19,21-22,25,27,29,31,33,37,40-41,46-50,54-56,63,67-68H,3-11,16-17,20,23-24,26,28,30,32,34-36,38-39,42-45,59H2,1-2H3,(H,64,65)(H,71,72)(H,73,74)(H2,60,61,70)/b14-12-,15-13-,19-18-,22-21-,27-25-,31-29+,37-33+/t46-,47+,48+,49-,50-,54-,55-,56-/m1/s1. The summed E-state index contributed by atoms with van der Waals surface area (Å²) in [6, 6.07) is -0.170. The minimum absolute atomic E-state index is 0.00577. The monoisotopic (exact) mass is 1230 g/mol. The summed E-state index contributed by atoms with van der Waals surface area (Å²) in [5, 5.41) is 40.6. The highest BCUT2D eigenvalue weighted by Gasteiger charge is 2.46. The van der Waals surface area contributed by atoms with Gasteiger partial charge in [-0.3, -0.25) is 28.0 Å². The number of aromatic nitrogens is 2. The molecule has 0 amide bonds. The number of aliphatic hydroxyl groups is 3. The summed E-state index contributed by atoms with van der Waals surface area (Å²) in [4.78, 5) is 74.2. The van der Waals surface area contributed by atoms with E-state index in [1.807, 2.05) is 18.2 Å². The third-order valence-corrected chi connectivity index (χ3v) is 16.7. The van der Waals surface area contributed by atoms with Gasteiger partial charge in [0, 0.05) is 30.0 Å². The molecule has 1 fully saturated rings. The number of ether oxygens (including phenoxy) is 3. The molecule has 1 saturated heterocycles. The van der Waals surface area contributed by atoms with Crippen molar-refractivity contribution < 1.29 is 81.3 Å². The predicted octanol–water partition coefficient (Wildman–Crippen LogP) is 9.93. The molecule has 10 N–H and O–H groups in total. The third-order valence-electron chi connectivity index (χ3n) is 12.7. The van der Waals surface area contributed by atoms with Crippen molar-refractivity contribution in [2.75, 3.05) is 31.3 Å². The molecule has 0 aromatic carbocycles. The topological polar surface area (TPSA) is 349 Å². The third kappa shape index (κ3) is 36.3. The van der Waals surface area contributed by atoms with E-state index in [0.717, 1.165) is 106 Å². The van der Waals surface area contributed by atoms with Gasteiger partial charge in [0.1, 0.15) is 36.8 Å². The molecule has 25 heteroatoms. The van der Waals surface area contributed by atoms with Crippen LogP contribution < -0.4 is 17.2 Å². The second kappa shape index (κ2) is 45.1. The maximum atomic E-state index is 13.4. The second-order valence-corrected chi connectivity index (χ2v) is 24.2. The van der Waals surface area contributed by atoms with Crippen LogP contribution in [-0.4, -0.2) is 125 Å². The number of phosphoric ester groups is 2. The number of hydrogen-bond acceptors (Lipinski definition) is 19. The number of hydrogen-bond donors (Lipinski definition) is 8. The minimum atomic E-state index is -5.59. The highest BCUT2D eigenvalue weighted by molar-refractivity contribution is 8.00. The van der Waals surface area contributed by atoms with Gasteiger partial charge in [-0.05, 0) is 83.1 Å². The summed E-state index contributed by atoms with van der Waals surface area (Å²) in [6.45, 7) is 1.62. The lowest BCUT2D eigenvalue weighted by Gasteiger charge is -2.23. The number of carbonyl (C=O) groups is 3. The molecule has 470 valence electrons. The number of thioether (sulfide) groups is 1. The van der Waals surface area contributed by atoms with Crippen molar-refractivity contribution in [1.82, 2.24) is 9.55 Å². The Morgan fingerprint density at radius 2 is 1.31 bits per heavy atom. The summed E-state index contributed by atoms with van der Waals surface area (Å²) in [7, 11) is -11.1. The number of carboxylic acid groups (broad SMARTS) is 1. The number of aliphatic carboxylic acids is 1. The van der Waals surface area contributed by atoms with Crippen molar-refractivity contribution in [2.24, 2.45) is 5.73 Å². The van der Waals surface area contributed by atoms with Crippen LogP contribution in [0.4, 0.5) is 5.82 Å². The zero-order chi connectivity index (χ0) is 61.1. The van der Waals surface area contributed by atoms with E-state index in [1.54, 1.807) is 18.2 Å². The number of allylic oxidation sites excluding steroid dienone is 13. The summed E-state index contributed by atoms with van der Waals surface area (Å²) in [5.41, 5.74) is 10.8. The van der Waals surface area contributed by atoms with Gasteiger partial charge in [-0.25, -0.2) is 13.9 Å². The normalized spacial score (nSPS) is 19.9. The van der Waals surface area contributed by atoms with E-state index >= 15 is 0 Å². The Labute approximate surface area is 494 Å². The Morgan fingerprint density at radius 3 is 1.95 bits per heavy atom. The van der Waals surface area contributed by atoms with Crippen molar-refractivity contribution in [3.8, 4) is 0 Å². The van der Waals surface area contributed by atoms with E-state index in [1.165, 1.54) is 38.2 Å². The molecular formula is C58H94N4O18P2S. The Hall–Kier alpha value is -4.32. The van der Waals surface area contributed by atoms with Crippen LogP contribution in [0.5, 0.6) is 0 Å². The Bertz CT molecular complexity index is 2370. The largest absolute Gasteiger partial charge is 0.481 e. The average Bonchev–Trinajstić information content (AvgIpc) is 3.65. The lowest BCUT2D eigenvalue weighted by molar-refractivity contribution is -0.161. The molecule has 2 rings (SSSR count). The van der Waals surface area contributed by atoms with Gasteiger partial charge in [-0.2, -0.15) is 9.29 Å². The van der Waals surface area contributed by atoms with Crippen LogP contribution >= 0.6 is 27.4 Å². The van der Waals surface area contributed by atoms with Crippen molar-refractivity contribution in [1.29, 1.82) is 0 Å². The van der Waals surface area contributed by atoms with Gasteiger partial charge < -0.3 is 55.9 Å². The van der Waals surface area contributed by atoms with Crippen LogP contribution in [0, 0.1) is 0 Å². The molecule has 0 radical (unpaired) electrons. The molecule has 83 heavy (non-hydrogen) atoms. The van der Waals surface area contributed by atoms with Crippen LogP contribution in [0.1, 0.15) is 168 Å². The Kier molecular flexibility index (Phi) is 40.6. The Balaban J connectivity index is 2.02. The van der Waals surface area contributed by atoms with E-state index in [0.29, 0.717) is 6.42 Å². The smallest absolute Gasteiger partial charge is 0.481 e. The van der Waals surface area contributed by atoms with E-state index in [4.69, 9.17) is 39.8 Å². The van der Waals surface area contributed by atoms with E-state index in [2.05, 4.69) is 71.8 Å². The first-order chi connectivity index (χ1) is 39.8. The number of carbonyl (C=O) groups excluding carboxylic acids is 2. The molecule has 2 heterocycles. The first-order valence-corrected chi connectivity index (χ1v) is 33.1. The molecule has 22 nitrogen and oxygen atoms in total. The van der Waals surface area contributed by atoms with Gasteiger partial charge in [0.15, 0.2) is 12.3 Å². The first-order valence-electron chi connectivity index (χ1n) is 29.0. The van der Waals surface area contributed by atoms with E-state index < -0.39 is 107 Å². The molecule has 0 saturated carbocycles. The molecule has 1 aromatic heterocycles. The van der Waals surface area contributed by atoms with Gasteiger partial charge >= 0.3 is 39.2 Å². The van der Waals surface area contributed by atoms with Gasteiger partial charge in [0.05, 0.1) is 19.3 Å². The maximum absolute atomic E-state index is 13.4. The SMILES string of the molecule is CCCCC/C=C\C\C=C/C=C/C=C/[C@@H](SC[C@H](N)C(=O)O[C@H](COC(=O)CCCCCCCC/C=C\C/C=C\C/C=C\CCCCCC)COP(=O)(O)OP(=O)(O)OC[C@H]1O[C@@H](n2ccc(N)nc2=O)[C@H](O)[C@@H]1O)[C@@H](O)CCCC(=O)O. The summed E-state index contributed by atoms with van der Waals surface area (Å²) >= 11 is 1.08. The number of carboxylic acids is 1. The molecule has 0 aliphatic carbocycles. The van der Waals surface area contributed by atoms with Crippen LogP contribution in [0.15, 0.2) is 102 Å². The van der Waals surface area contributed by atoms with Crippen LogP contribution in [-0.2, 0) is 51.1 Å². The molecule has 2 unspecified atom stereocenters. The molecule has 1 aliphatic rings. The number of aliphatic hydroxyl groups excluding tert-OH is 3. The molecular weight excluding hydrogens is 1130 g/mol. The van der Waals surface area contributed by atoms with Gasteiger partial charge in [0.25, 0.3) is 0 Å². The lowest BCUT2D eigenvalue weighted by atomic mass is 10.1. The zero-order valence-electron chi connectivity index (χ0n) is 48.4. The number of rotatable bonds is 48. The van der Waals surface area contributed by atoms with Gasteiger partial charge in [0.2, 0.25) is 0 Å². The number of unbranched alkanes of at least 4 members (excludes halogenated alkanes) is 13. The summed E-state index contributed by atoms with van der Waals surface area (Å²) < 4.78 is 57.2. The number of esters is 2. The summed E-state index contributed by atoms with van der Waals surface area (Å²) in [6.07, 6.45) is 39.8. The summed E-state index contributed by atoms with van der Waals surface area (Å²) in [5.74, 6) is -3.05. The molecule has 10 atom stereocenters. The number of nitrogens with two attached hydrogens (primary N) is 2. The van der Waals surface area contributed by atoms with Crippen LogP contribution in [0.25, 0.3) is 0 Å².